The molecule has 0 aliphatic rings. The smallest absolute Gasteiger partial charge is 0.233 e. The highest BCUT2D eigenvalue weighted by Crippen LogP contribution is 2.33. The first kappa shape index (κ1) is 10.8. The van der Waals surface area contributed by atoms with Gasteiger partial charge in [-0.3, -0.25) is 0 Å². The zero-order chi connectivity index (χ0) is 11.2. The maximum absolute atomic E-state index is 6.02. The molecular formula is C10H10BrClN2O. The second kappa shape index (κ2) is 3.68. The van der Waals surface area contributed by atoms with Crippen molar-refractivity contribution >= 4 is 38.6 Å². The van der Waals surface area contributed by atoms with E-state index < -0.39 is 0 Å². The van der Waals surface area contributed by atoms with Gasteiger partial charge in [0, 0.05) is 12.7 Å². The van der Waals surface area contributed by atoms with Crippen LogP contribution in [0.4, 0.5) is 0 Å². The normalized spacial score (nSPS) is 11.0. The molecule has 2 heterocycles. The Kier molecular flexibility index (Phi) is 2.64. The van der Waals surface area contributed by atoms with Gasteiger partial charge in [-0.05, 0) is 28.9 Å². The first-order valence-electron chi connectivity index (χ1n) is 4.41. The molecule has 0 saturated carbocycles. The van der Waals surface area contributed by atoms with Crippen LogP contribution in [0.25, 0.3) is 11.0 Å². The Balaban J connectivity index is 2.88. The summed E-state index contributed by atoms with van der Waals surface area (Å²) >= 11 is 9.53. The fourth-order valence-corrected chi connectivity index (χ4v) is 2.30. The third-order valence-corrected chi connectivity index (χ3v) is 3.73. The Morgan fingerprint density at radius 1 is 1.53 bits per heavy atom. The highest BCUT2D eigenvalue weighted by Gasteiger charge is 2.14. The summed E-state index contributed by atoms with van der Waals surface area (Å²) in [6, 6.07) is 1.86. The lowest BCUT2D eigenvalue weighted by Crippen LogP contribution is -1.92. The molecule has 0 amide bonds. The van der Waals surface area contributed by atoms with Crippen LogP contribution in [0, 0.1) is 6.92 Å². The van der Waals surface area contributed by atoms with Gasteiger partial charge in [-0.25, -0.2) is 4.98 Å². The molecule has 0 fully saturated rings. The fourth-order valence-electron chi connectivity index (χ4n) is 1.52. The highest BCUT2D eigenvalue weighted by atomic mass is 79.9. The number of halogens is 2. The van der Waals surface area contributed by atoms with Crippen LogP contribution < -0.4 is 4.74 Å². The third-order valence-electron chi connectivity index (χ3n) is 2.51. The SMILES string of the molecule is COc1nc2c(Br)c(C)n(C)c2cc1Cl. The van der Waals surface area contributed by atoms with E-state index in [1.807, 2.05) is 24.6 Å². The summed E-state index contributed by atoms with van der Waals surface area (Å²) in [5, 5.41) is 0.526. The minimum atomic E-state index is 0.454. The van der Waals surface area contributed by atoms with Crippen molar-refractivity contribution in [3.05, 3.63) is 21.3 Å². The number of aryl methyl sites for hydroxylation is 1. The number of rotatable bonds is 1. The van der Waals surface area contributed by atoms with Gasteiger partial charge < -0.3 is 9.30 Å². The largest absolute Gasteiger partial charge is 0.480 e. The lowest BCUT2D eigenvalue weighted by molar-refractivity contribution is 0.400. The summed E-state index contributed by atoms with van der Waals surface area (Å²) in [5.41, 5.74) is 2.98. The average Bonchev–Trinajstić information content (AvgIpc) is 2.43. The minimum Gasteiger partial charge on any atom is -0.480 e. The molecule has 0 spiro atoms. The zero-order valence-corrected chi connectivity index (χ0v) is 11.0. The Labute approximate surface area is 101 Å². The number of hydrogen-bond acceptors (Lipinski definition) is 2. The van der Waals surface area contributed by atoms with E-state index in [0.29, 0.717) is 10.9 Å². The van der Waals surface area contributed by atoms with Crippen molar-refractivity contribution in [2.75, 3.05) is 7.11 Å². The van der Waals surface area contributed by atoms with Crippen LogP contribution in [-0.2, 0) is 7.05 Å². The summed E-state index contributed by atoms with van der Waals surface area (Å²) in [7, 11) is 3.54. The zero-order valence-electron chi connectivity index (χ0n) is 8.64. The minimum absolute atomic E-state index is 0.454. The molecule has 0 N–H and O–H groups in total. The predicted molar refractivity (Wildman–Crippen MR) is 64.7 cm³/mol. The van der Waals surface area contributed by atoms with Crippen molar-refractivity contribution in [3.63, 3.8) is 0 Å². The van der Waals surface area contributed by atoms with E-state index in [-0.39, 0.29) is 0 Å². The van der Waals surface area contributed by atoms with E-state index in [0.717, 1.165) is 21.2 Å². The Hall–Kier alpha value is -0.740. The molecule has 2 aromatic heterocycles. The molecule has 2 aromatic rings. The summed E-state index contributed by atoms with van der Waals surface area (Å²) in [6.07, 6.45) is 0. The molecule has 15 heavy (non-hydrogen) atoms. The maximum atomic E-state index is 6.02. The Morgan fingerprint density at radius 3 is 2.80 bits per heavy atom. The third kappa shape index (κ3) is 1.52. The van der Waals surface area contributed by atoms with Crippen molar-refractivity contribution in [2.45, 2.75) is 6.92 Å². The summed E-state index contributed by atoms with van der Waals surface area (Å²) < 4.78 is 8.10. The summed E-state index contributed by atoms with van der Waals surface area (Å²) in [5.74, 6) is 0.454. The first-order valence-corrected chi connectivity index (χ1v) is 5.58. The van der Waals surface area contributed by atoms with Crippen molar-refractivity contribution in [1.29, 1.82) is 0 Å². The second-order valence-corrected chi connectivity index (χ2v) is 4.51. The molecule has 0 saturated heterocycles. The van der Waals surface area contributed by atoms with Gasteiger partial charge in [-0.15, -0.1) is 0 Å². The number of methoxy groups -OCH3 is 1. The van der Waals surface area contributed by atoms with Crippen LogP contribution >= 0.6 is 27.5 Å². The van der Waals surface area contributed by atoms with Gasteiger partial charge in [0.05, 0.1) is 17.1 Å². The molecule has 0 aliphatic heterocycles. The Bertz CT molecular complexity index is 536. The van der Waals surface area contributed by atoms with Crippen molar-refractivity contribution in [3.8, 4) is 5.88 Å². The first-order chi connectivity index (χ1) is 7.06. The number of fused-ring (bicyclic) bond motifs is 1. The second-order valence-electron chi connectivity index (χ2n) is 3.31. The van der Waals surface area contributed by atoms with Crippen LogP contribution in [0.2, 0.25) is 5.02 Å². The summed E-state index contributed by atoms with van der Waals surface area (Å²) in [4.78, 5) is 4.35. The van der Waals surface area contributed by atoms with Crippen LogP contribution in [0.3, 0.4) is 0 Å². The van der Waals surface area contributed by atoms with Gasteiger partial charge in [0.25, 0.3) is 0 Å². The van der Waals surface area contributed by atoms with Crippen molar-refractivity contribution < 1.29 is 4.74 Å². The molecule has 2 rings (SSSR count). The van der Waals surface area contributed by atoms with Gasteiger partial charge in [0.2, 0.25) is 5.88 Å². The highest BCUT2D eigenvalue weighted by molar-refractivity contribution is 9.10. The van der Waals surface area contributed by atoms with E-state index in [9.17, 15) is 0 Å². The van der Waals surface area contributed by atoms with E-state index >= 15 is 0 Å². The molecule has 0 aromatic carbocycles. The molecule has 0 radical (unpaired) electrons. The van der Waals surface area contributed by atoms with Crippen LogP contribution in [0.5, 0.6) is 5.88 Å². The molecule has 3 nitrogen and oxygen atoms in total. The van der Waals surface area contributed by atoms with Crippen LogP contribution in [-0.4, -0.2) is 16.7 Å². The number of pyridine rings is 1. The number of aromatic nitrogens is 2. The monoisotopic (exact) mass is 288 g/mol. The lowest BCUT2D eigenvalue weighted by Gasteiger charge is -2.02. The number of hydrogen-bond donors (Lipinski definition) is 0. The Morgan fingerprint density at radius 2 is 2.20 bits per heavy atom. The van der Waals surface area contributed by atoms with Crippen molar-refractivity contribution in [2.24, 2.45) is 7.05 Å². The van der Waals surface area contributed by atoms with Crippen molar-refractivity contribution in [1.82, 2.24) is 9.55 Å². The lowest BCUT2D eigenvalue weighted by atomic mass is 10.3. The average molecular weight is 290 g/mol. The molecule has 80 valence electrons. The van der Waals surface area contributed by atoms with Crippen LogP contribution in [0.15, 0.2) is 10.5 Å². The molecule has 0 bridgehead atoms. The van der Waals surface area contributed by atoms with Gasteiger partial charge in [-0.1, -0.05) is 11.6 Å². The van der Waals surface area contributed by atoms with Gasteiger partial charge in [-0.2, -0.15) is 0 Å². The molecule has 0 atom stereocenters. The van der Waals surface area contributed by atoms with E-state index in [4.69, 9.17) is 16.3 Å². The number of nitrogens with zero attached hydrogens (tertiary/aromatic N) is 2. The quantitative estimate of drug-likeness (QED) is 0.805. The molecule has 5 heteroatoms. The molecule has 0 aliphatic carbocycles. The van der Waals surface area contributed by atoms with E-state index in [1.54, 1.807) is 7.11 Å². The van der Waals surface area contributed by atoms with Gasteiger partial charge in [0.15, 0.2) is 0 Å². The van der Waals surface area contributed by atoms with Gasteiger partial charge in [0.1, 0.15) is 10.5 Å². The van der Waals surface area contributed by atoms with E-state index in [1.165, 1.54) is 0 Å². The molecular weight excluding hydrogens is 279 g/mol. The van der Waals surface area contributed by atoms with Crippen LogP contribution in [0.1, 0.15) is 5.69 Å². The molecule has 0 unspecified atom stereocenters. The summed E-state index contributed by atoms with van der Waals surface area (Å²) in [6.45, 7) is 2.02. The van der Waals surface area contributed by atoms with E-state index in [2.05, 4.69) is 20.9 Å². The topological polar surface area (TPSA) is 27.1 Å². The predicted octanol–water partition coefficient (Wildman–Crippen LogP) is 3.31. The fraction of sp³-hybridized carbons (Fsp3) is 0.300. The standard InChI is InChI=1S/C10H10BrClN2O/c1-5-8(11)9-7(14(5)2)4-6(12)10(13-9)15-3/h4H,1-3H3. The number of ether oxygens (including phenoxy) is 1. The maximum Gasteiger partial charge on any atom is 0.233 e. The van der Waals surface area contributed by atoms with Gasteiger partial charge >= 0.3 is 0 Å².